The van der Waals surface area contributed by atoms with Gasteiger partial charge in [-0.2, -0.15) is 0 Å². The number of hydrogen-bond donors (Lipinski definition) is 2. The van der Waals surface area contributed by atoms with Gasteiger partial charge in [-0.3, -0.25) is 4.79 Å². The van der Waals surface area contributed by atoms with Gasteiger partial charge in [-0.25, -0.2) is 14.4 Å². The Morgan fingerprint density at radius 1 is 1.21 bits per heavy atom. The second kappa shape index (κ2) is 11.3. The molecule has 11 heteroatoms. The summed E-state index contributed by atoms with van der Waals surface area (Å²) in [5, 5.41) is 12.7. The van der Waals surface area contributed by atoms with Crippen LogP contribution in [-0.4, -0.2) is 57.3 Å². The Labute approximate surface area is 229 Å². The summed E-state index contributed by atoms with van der Waals surface area (Å²) >= 11 is 11.9. The van der Waals surface area contributed by atoms with E-state index in [1.54, 1.807) is 12.1 Å². The van der Waals surface area contributed by atoms with Crippen molar-refractivity contribution in [3.05, 3.63) is 59.1 Å². The Bertz CT molecular complexity index is 1360. The Morgan fingerprint density at radius 2 is 1.97 bits per heavy atom. The zero-order valence-corrected chi connectivity index (χ0v) is 22.0. The van der Waals surface area contributed by atoms with Gasteiger partial charge in [0.15, 0.2) is 17.3 Å². The van der Waals surface area contributed by atoms with Gasteiger partial charge < -0.3 is 24.8 Å². The number of hydrogen-bond acceptors (Lipinski definition) is 7. The summed E-state index contributed by atoms with van der Waals surface area (Å²) in [5.41, 5.74) is 0.668. The average molecular weight is 561 g/mol. The number of anilines is 2. The van der Waals surface area contributed by atoms with Crippen molar-refractivity contribution in [2.75, 3.05) is 18.5 Å². The SMILES string of the molecule is C=CC(=O)N1C2CCC1CC(Oc1cc3c(Nc4ccc(Cl)c(Cl)c4F)ncnc3cc1OCCCO)C2. The zero-order chi connectivity index (χ0) is 26.8. The first-order chi connectivity index (χ1) is 18.4. The van der Waals surface area contributed by atoms with E-state index < -0.39 is 5.82 Å². The van der Waals surface area contributed by atoms with Crippen molar-refractivity contribution in [2.24, 2.45) is 0 Å². The first kappa shape index (κ1) is 26.5. The minimum Gasteiger partial charge on any atom is -0.490 e. The second-order valence-corrected chi connectivity index (χ2v) is 10.1. The van der Waals surface area contributed by atoms with Crippen LogP contribution in [0.2, 0.25) is 10.0 Å². The van der Waals surface area contributed by atoms with Gasteiger partial charge in [-0.05, 0) is 37.1 Å². The maximum atomic E-state index is 14.7. The van der Waals surface area contributed by atoms with E-state index in [-0.39, 0.29) is 46.4 Å². The minimum absolute atomic E-state index is 0.00558. The number of carbonyl (C=O) groups excluding carboxylic acids is 1. The summed E-state index contributed by atoms with van der Waals surface area (Å²) in [5.74, 6) is 0.578. The number of fused-ring (bicyclic) bond motifs is 3. The maximum absolute atomic E-state index is 14.7. The van der Waals surface area contributed by atoms with E-state index in [4.69, 9.17) is 32.7 Å². The number of piperidine rings is 1. The molecule has 2 unspecified atom stereocenters. The number of aliphatic hydroxyl groups is 1. The highest BCUT2D eigenvalue weighted by atomic mass is 35.5. The van der Waals surface area contributed by atoms with Crippen molar-refractivity contribution in [1.29, 1.82) is 0 Å². The topological polar surface area (TPSA) is 96.8 Å². The predicted octanol–water partition coefficient (Wildman–Crippen LogP) is 5.67. The fourth-order valence-electron chi connectivity index (χ4n) is 5.23. The normalized spacial score (nSPS) is 20.4. The molecule has 0 aliphatic carbocycles. The fraction of sp³-hybridized carbons (Fsp3) is 0.370. The molecule has 3 heterocycles. The highest BCUT2D eigenvalue weighted by molar-refractivity contribution is 6.42. The highest BCUT2D eigenvalue weighted by Gasteiger charge is 2.43. The lowest BCUT2D eigenvalue weighted by molar-refractivity contribution is -0.131. The lowest BCUT2D eigenvalue weighted by Crippen LogP contribution is -2.48. The van der Waals surface area contributed by atoms with Crippen LogP contribution in [0.15, 0.2) is 43.2 Å². The van der Waals surface area contributed by atoms with Crippen molar-refractivity contribution in [3.63, 3.8) is 0 Å². The summed E-state index contributed by atoms with van der Waals surface area (Å²) in [6.45, 7) is 3.92. The van der Waals surface area contributed by atoms with Crippen molar-refractivity contribution in [1.82, 2.24) is 14.9 Å². The highest BCUT2D eigenvalue weighted by Crippen LogP contribution is 2.41. The molecular weight excluding hydrogens is 534 g/mol. The molecule has 2 aromatic carbocycles. The number of ether oxygens (including phenoxy) is 2. The van der Waals surface area contributed by atoms with Crippen LogP contribution in [0.1, 0.15) is 32.1 Å². The van der Waals surface area contributed by atoms with E-state index in [1.807, 2.05) is 4.90 Å². The van der Waals surface area contributed by atoms with Gasteiger partial charge in [-0.1, -0.05) is 29.8 Å². The van der Waals surface area contributed by atoms with Gasteiger partial charge in [0.2, 0.25) is 5.91 Å². The molecule has 8 nitrogen and oxygen atoms in total. The fourth-order valence-corrected chi connectivity index (χ4v) is 5.54. The van der Waals surface area contributed by atoms with Crippen LogP contribution in [0.4, 0.5) is 15.9 Å². The number of nitrogens with zero attached hydrogens (tertiary/aromatic N) is 3. The molecule has 2 atom stereocenters. The molecule has 2 N–H and O–H groups in total. The molecule has 2 aliphatic rings. The third kappa shape index (κ3) is 5.23. The Balaban J connectivity index is 1.47. The van der Waals surface area contributed by atoms with E-state index in [9.17, 15) is 14.3 Å². The van der Waals surface area contributed by atoms with Gasteiger partial charge in [-0.15, -0.1) is 0 Å². The number of aromatic nitrogens is 2. The molecule has 2 bridgehead atoms. The van der Waals surface area contributed by atoms with Gasteiger partial charge in [0.25, 0.3) is 0 Å². The predicted molar refractivity (Wildman–Crippen MR) is 144 cm³/mol. The molecule has 0 spiro atoms. The van der Waals surface area contributed by atoms with Crippen LogP contribution in [0.3, 0.4) is 0 Å². The summed E-state index contributed by atoms with van der Waals surface area (Å²) in [6.07, 6.45) is 6.29. The summed E-state index contributed by atoms with van der Waals surface area (Å²) < 4.78 is 27.2. The number of benzene rings is 2. The number of amides is 1. The molecule has 1 aromatic heterocycles. The number of carbonyl (C=O) groups is 1. The Hall–Kier alpha value is -3.14. The van der Waals surface area contributed by atoms with Crippen molar-refractivity contribution in [2.45, 2.75) is 50.3 Å². The number of aliphatic hydroxyl groups excluding tert-OH is 1. The molecular formula is C27H27Cl2FN4O4. The second-order valence-electron chi connectivity index (χ2n) is 9.36. The van der Waals surface area contributed by atoms with Crippen LogP contribution in [0.25, 0.3) is 10.9 Å². The van der Waals surface area contributed by atoms with E-state index in [0.29, 0.717) is 54.1 Å². The van der Waals surface area contributed by atoms with Gasteiger partial charge in [0, 0.05) is 49.4 Å². The van der Waals surface area contributed by atoms with Crippen LogP contribution >= 0.6 is 23.2 Å². The molecule has 0 radical (unpaired) electrons. The smallest absolute Gasteiger partial charge is 0.246 e. The van der Waals surface area contributed by atoms with Crippen LogP contribution in [0, 0.1) is 5.82 Å². The van der Waals surface area contributed by atoms with Crippen LogP contribution in [-0.2, 0) is 4.79 Å². The molecule has 3 aromatic rings. The molecule has 5 rings (SSSR count). The molecule has 1 amide bonds. The van der Waals surface area contributed by atoms with E-state index in [0.717, 1.165) is 12.8 Å². The van der Waals surface area contributed by atoms with E-state index >= 15 is 0 Å². The van der Waals surface area contributed by atoms with Gasteiger partial charge in [0.05, 0.1) is 27.9 Å². The largest absolute Gasteiger partial charge is 0.490 e. The van der Waals surface area contributed by atoms with E-state index in [1.165, 1.54) is 24.5 Å². The minimum atomic E-state index is -0.692. The van der Waals surface area contributed by atoms with Crippen molar-refractivity contribution < 1.29 is 23.8 Å². The molecule has 38 heavy (non-hydrogen) atoms. The van der Waals surface area contributed by atoms with Crippen molar-refractivity contribution in [3.8, 4) is 11.5 Å². The first-order valence-corrected chi connectivity index (χ1v) is 13.2. The standard InChI is InChI=1S/C27H27Cl2FN4O4/c1-2-24(36)34-15-4-5-16(34)11-17(10-15)38-23-12-18-21(13-22(23)37-9-3-8-35)31-14-32-27(18)33-20-7-6-19(28)25(29)26(20)30/h2,6-7,12-17,35H,1,3-5,8-11H2,(H,31,32,33). The zero-order valence-electron chi connectivity index (χ0n) is 20.5. The third-order valence-electron chi connectivity index (χ3n) is 6.96. The summed E-state index contributed by atoms with van der Waals surface area (Å²) in [4.78, 5) is 22.9. The maximum Gasteiger partial charge on any atom is 0.246 e. The monoisotopic (exact) mass is 560 g/mol. The lowest BCUT2D eigenvalue weighted by Gasteiger charge is -2.38. The summed E-state index contributed by atoms with van der Waals surface area (Å²) in [7, 11) is 0. The van der Waals surface area contributed by atoms with E-state index in [2.05, 4.69) is 21.9 Å². The quantitative estimate of drug-likeness (QED) is 0.198. The lowest BCUT2D eigenvalue weighted by atomic mass is 9.99. The Kier molecular flexibility index (Phi) is 7.88. The average Bonchev–Trinajstić information content (AvgIpc) is 3.19. The number of halogens is 3. The van der Waals surface area contributed by atoms with Crippen LogP contribution in [0.5, 0.6) is 11.5 Å². The summed E-state index contributed by atoms with van der Waals surface area (Å²) in [6, 6.07) is 6.69. The molecule has 2 fully saturated rings. The molecule has 2 aliphatic heterocycles. The molecule has 0 saturated carbocycles. The van der Waals surface area contributed by atoms with Crippen LogP contribution < -0.4 is 14.8 Å². The third-order valence-corrected chi connectivity index (χ3v) is 7.74. The molecule has 2 saturated heterocycles. The number of nitrogens with one attached hydrogen (secondary N) is 1. The van der Waals surface area contributed by atoms with Gasteiger partial charge in [0.1, 0.15) is 18.2 Å². The number of rotatable bonds is 9. The van der Waals surface area contributed by atoms with Crippen molar-refractivity contribution >= 4 is 51.5 Å². The first-order valence-electron chi connectivity index (χ1n) is 12.4. The Morgan fingerprint density at radius 3 is 2.68 bits per heavy atom. The van der Waals surface area contributed by atoms with Gasteiger partial charge >= 0.3 is 0 Å². The molecule has 200 valence electrons.